The van der Waals surface area contributed by atoms with E-state index in [0.717, 1.165) is 5.56 Å². The summed E-state index contributed by atoms with van der Waals surface area (Å²) in [6.45, 7) is 0.363. The average molecular weight is 342 g/mol. The monoisotopic (exact) mass is 341 g/mol. The number of aldehydes is 1. The van der Waals surface area contributed by atoms with E-state index in [9.17, 15) is 9.59 Å². The average Bonchev–Trinajstić information content (AvgIpc) is 2.47. The lowest BCUT2D eigenvalue weighted by molar-refractivity contribution is -0.125. The molecule has 0 aliphatic rings. The molecule has 5 nitrogen and oxygen atoms in total. The first-order chi connectivity index (χ1) is 9.51. The van der Waals surface area contributed by atoms with Gasteiger partial charge in [0.1, 0.15) is 11.5 Å². The van der Waals surface area contributed by atoms with Crippen molar-refractivity contribution >= 4 is 28.1 Å². The quantitative estimate of drug-likeness (QED) is 0.587. The lowest BCUT2D eigenvalue weighted by atomic mass is 10.1. The number of methoxy groups -OCH3 is 2. The van der Waals surface area contributed by atoms with Gasteiger partial charge in [-0.15, -0.1) is 0 Å². The first kappa shape index (κ1) is 16.2. The van der Waals surface area contributed by atoms with Gasteiger partial charge in [0, 0.05) is 31.3 Å². The van der Waals surface area contributed by atoms with E-state index in [1.54, 1.807) is 33.4 Å². The number of likely N-dealkylation sites (N-methyl/N-ethyl adjacent to an activating group) is 1. The molecule has 0 unspecified atom stereocenters. The summed E-state index contributed by atoms with van der Waals surface area (Å²) in [4.78, 5) is 23.8. The van der Waals surface area contributed by atoms with E-state index in [1.165, 1.54) is 11.0 Å². The van der Waals surface area contributed by atoms with Crippen molar-refractivity contribution < 1.29 is 19.1 Å². The van der Waals surface area contributed by atoms with E-state index in [2.05, 4.69) is 15.9 Å². The molecule has 0 fully saturated rings. The van der Waals surface area contributed by atoms with Crippen LogP contribution in [0.25, 0.3) is 0 Å². The summed E-state index contributed by atoms with van der Waals surface area (Å²) in [5.41, 5.74) is 0.847. The Balaban J connectivity index is 2.87. The highest BCUT2D eigenvalue weighted by atomic mass is 79.9. The molecule has 0 heterocycles. The van der Waals surface area contributed by atoms with Crippen LogP contribution >= 0.6 is 15.9 Å². The van der Waals surface area contributed by atoms with Gasteiger partial charge in [-0.2, -0.15) is 0 Å². The summed E-state index contributed by atoms with van der Waals surface area (Å²) < 4.78 is 10.6. The van der Waals surface area contributed by atoms with E-state index < -0.39 is 0 Å². The van der Waals surface area contributed by atoms with Crippen molar-refractivity contribution in [2.45, 2.75) is 6.54 Å². The van der Waals surface area contributed by atoms with Gasteiger partial charge in [0.05, 0.1) is 18.7 Å². The molecule has 0 aromatic heterocycles. The normalized spacial score (nSPS) is 10.9. The molecular weight excluding hydrogens is 326 g/mol. The fourth-order valence-electron chi connectivity index (χ4n) is 1.58. The Morgan fingerprint density at radius 1 is 1.35 bits per heavy atom. The lowest BCUT2D eigenvalue weighted by Gasteiger charge is -2.17. The maximum absolute atomic E-state index is 11.8. The van der Waals surface area contributed by atoms with Crippen LogP contribution in [0.3, 0.4) is 0 Å². The number of halogens is 1. The van der Waals surface area contributed by atoms with Gasteiger partial charge in [-0.25, -0.2) is 0 Å². The smallest absolute Gasteiger partial charge is 0.247 e. The number of nitrogens with zero attached hydrogens (tertiary/aromatic N) is 1. The molecule has 6 heteroatoms. The Morgan fingerprint density at radius 3 is 2.60 bits per heavy atom. The third kappa shape index (κ3) is 4.38. The molecule has 20 heavy (non-hydrogen) atoms. The predicted molar refractivity (Wildman–Crippen MR) is 79.1 cm³/mol. The summed E-state index contributed by atoms with van der Waals surface area (Å²) in [5, 5.41) is 0. The summed E-state index contributed by atoms with van der Waals surface area (Å²) in [6, 6.07) is 5.39. The summed E-state index contributed by atoms with van der Waals surface area (Å²) in [7, 11) is 4.78. The molecule has 108 valence electrons. The highest BCUT2D eigenvalue weighted by Gasteiger charge is 2.11. The maximum Gasteiger partial charge on any atom is 0.247 e. The second-order valence-corrected chi connectivity index (χ2v) is 4.93. The van der Waals surface area contributed by atoms with Crippen molar-refractivity contribution in [3.63, 3.8) is 0 Å². The summed E-state index contributed by atoms with van der Waals surface area (Å²) >= 11 is 2.98. The first-order valence-corrected chi connectivity index (χ1v) is 6.59. The number of allylic oxidation sites excluding steroid dienone is 1. The molecule has 1 amide bonds. The van der Waals surface area contributed by atoms with Gasteiger partial charge in [-0.05, 0) is 28.1 Å². The predicted octanol–water partition coefficient (Wildman–Crippen LogP) is 2.14. The molecule has 1 aromatic rings. The maximum atomic E-state index is 11.8. The van der Waals surface area contributed by atoms with Gasteiger partial charge >= 0.3 is 0 Å². The summed E-state index contributed by atoms with van der Waals surface area (Å²) in [6.07, 6.45) is 1.79. The van der Waals surface area contributed by atoms with Crippen LogP contribution in [-0.2, 0) is 16.1 Å². The van der Waals surface area contributed by atoms with Crippen molar-refractivity contribution in [2.24, 2.45) is 0 Å². The second kappa shape index (κ2) is 7.69. The zero-order valence-corrected chi connectivity index (χ0v) is 13.1. The number of rotatable bonds is 6. The number of amides is 1. The molecule has 0 atom stereocenters. The third-order valence-electron chi connectivity index (χ3n) is 2.65. The number of ether oxygens (including phenoxy) is 2. The zero-order chi connectivity index (χ0) is 15.1. The highest BCUT2D eigenvalue weighted by Crippen LogP contribution is 2.25. The fourth-order valence-corrected chi connectivity index (χ4v) is 1.77. The van der Waals surface area contributed by atoms with Gasteiger partial charge in [0.25, 0.3) is 0 Å². The van der Waals surface area contributed by atoms with E-state index >= 15 is 0 Å². The van der Waals surface area contributed by atoms with Crippen LogP contribution in [0.15, 0.2) is 28.8 Å². The number of hydrogen-bond acceptors (Lipinski definition) is 4. The molecule has 0 spiro atoms. The van der Waals surface area contributed by atoms with Crippen molar-refractivity contribution in [3.05, 3.63) is 34.3 Å². The molecule has 0 aliphatic carbocycles. The van der Waals surface area contributed by atoms with Crippen molar-refractivity contribution in [1.29, 1.82) is 0 Å². The number of benzene rings is 1. The largest absolute Gasteiger partial charge is 0.497 e. The minimum atomic E-state index is -0.276. The van der Waals surface area contributed by atoms with Crippen LogP contribution in [0.1, 0.15) is 5.56 Å². The molecule has 0 N–H and O–H groups in total. The topological polar surface area (TPSA) is 55.8 Å². The van der Waals surface area contributed by atoms with Crippen molar-refractivity contribution in [3.8, 4) is 11.5 Å². The number of carbonyl (C=O) groups is 2. The Labute approximate surface area is 126 Å². The van der Waals surface area contributed by atoms with Gasteiger partial charge in [0.2, 0.25) is 5.91 Å². The molecule has 0 aliphatic heterocycles. The molecule has 0 saturated heterocycles. The zero-order valence-electron chi connectivity index (χ0n) is 11.6. The number of carbonyl (C=O) groups excluding carboxylic acids is 2. The molecule has 0 saturated carbocycles. The molecule has 1 aromatic carbocycles. The SMILES string of the molecule is COc1ccc(CN(C)C(=O)/C=C(/Br)C=O)c(OC)c1. The van der Waals surface area contributed by atoms with Crippen LogP contribution < -0.4 is 9.47 Å². The van der Waals surface area contributed by atoms with Gasteiger partial charge in [-0.3, -0.25) is 9.59 Å². The van der Waals surface area contributed by atoms with E-state index in [1.807, 2.05) is 6.07 Å². The van der Waals surface area contributed by atoms with Crippen LogP contribution in [0.5, 0.6) is 11.5 Å². The van der Waals surface area contributed by atoms with Gasteiger partial charge in [-0.1, -0.05) is 0 Å². The first-order valence-electron chi connectivity index (χ1n) is 5.80. The minimum Gasteiger partial charge on any atom is -0.497 e. The van der Waals surface area contributed by atoms with Gasteiger partial charge < -0.3 is 14.4 Å². The standard InChI is InChI=1S/C14H16BrNO4/c1-16(14(18)6-11(15)9-17)8-10-4-5-12(19-2)7-13(10)20-3/h4-7,9H,8H2,1-3H3/b11-6+. The van der Waals surface area contributed by atoms with Crippen LogP contribution in [0.4, 0.5) is 0 Å². The van der Waals surface area contributed by atoms with Crippen LogP contribution in [0.2, 0.25) is 0 Å². The Morgan fingerprint density at radius 2 is 2.05 bits per heavy atom. The summed E-state index contributed by atoms with van der Waals surface area (Å²) in [5.74, 6) is 1.05. The molecular formula is C14H16BrNO4. The lowest BCUT2D eigenvalue weighted by Crippen LogP contribution is -2.24. The van der Waals surface area contributed by atoms with Crippen LogP contribution in [-0.4, -0.2) is 38.4 Å². The molecule has 1 rings (SSSR count). The van der Waals surface area contributed by atoms with Crippen molar-refractivity contribution in [2.75, 3.05) is 21.3 Å². The minimum absolute atomic E-state index is 0.205. The van der Waals surface area contributed by atoms with E-state index in [0.29, 0.717) is 24.3 Å². The fraction of sp³-hybridized carbons (Fsp3) is 0.286. The second-order valence-electron chi connectivity index (χ2n) is 4.02. The van der Waals surface area contributed by atoms with E-state index in [4.69, 9.17) is 9.47 Å². The van der Waals surface area contributed by atoms with Crippen molar-refractivity contribution in [1.82, 2.24) is 4.90 Å². The highest BCUT2D eigenvalue weighted by molar-refractivity contribution is 9.12. The Kier molecular flexibility index (Phi) is 6.24. The number of hydrogen-bond donors (Lipinski definition) is 0. The van der Waals surface area contributed by atoms with E-state index in [-0.39, 0.29) is 10.4 Å². The third-order valence-corrected chi connectivity index (χ3v) is 3.07. The Bertz CT molecular complexity index is 528. The molecule has 0 radical (unpaired) electrons. The molecule has 0 bridgehead atoms. The van der Waals surface area contributed by atoms with Gasteiger partial charge in [0.15, 0.2) is 6.29 Å². The van der Waals surface area contributed by atoms with Crippen LogP contribution in [0, 0.1) is 0 Å². The Hall–Kier alpha value is -1.82.